The van der Waals surface area contributed by atoms with Crippen LogP contribution in [0.15, 0.2) is 54.1 Å². The molecule has 0 atom stereocenters. The summed E-state index contributed by atoms with van der Waals surface area (Å²) in [5.41, 5.74) is 2.98. The van der Waals surface area contributed by atoms with Gasteiger partial charge in [0.25, 0.3) is 10.3 Å². The first-order valence-electron chi connectivity index (χ1n) is 6.98. The van der Waals surface area contributed by atoms with Crippen molar-refractivity contribution in [1.82, 2.24) is 4.90 Å². The fraction of sp³-hybridized carbons (Fsp3) is 0.176. The first kappa shape index (κ1) is 16.3. The molecule has 1 aliphatic rings. The highest BCUT2D eigenvalue weighted by Crippen LogP contribution is 2.34. The first-order chi connectivity index (χ1) is 11.0. The molecule has 0 unspecified atom stereocenters. The highest BCUT2D eigenvalue weighted by Gasteiger charge is 2.30. The van der Waals surface area contributed by atoms with Gasteiger partial charge in [-0.2, -0.15) is 8.42 Å². The summed E-state index contributed by atoms with van der Waals surface area (Å²) in [5, 5.41) is 3.80. The molecular weight excluding hydrogens is 353 g/mol. The van der Waals surface area contributed by atoms with Gasteiger partial charge in [0.1, 0.15) is 0 Å². The van der Waals surface area contributed by atoms with Crippen molar-refractivity contribution < 1.29 is 8.42 Å². The number of rotatable bonds is 3. The maximum atomic E-state index is 10.7. The van der Waals surface area contributed by atoms with Crippen molar-refractivity contribution in [3.05, 3.63) is 75.3 Å². The lowest BCUT2D eigenvalue weighted by atomic mass is 9.93. The number of likely N-dealkylation sites (tertiary alicyclic amines) is 1. The largest absolute Gasteiger partial charge is 0.283 e. The summed E-state index contributed by atoms with van der Waals surface area (Å²) in [6, 6.07) is 15.4. The van der Waals surface area contributed by atoms with Crippen molar-refractivity contribution in [3.63, 3.8) is 0 Å². The molecule has 2 aromatic rings. The molecule has 0 N–H and O–H groups in total. The lowest BCUT2D eigenvalue weighted by molar-refractivity contribution is 0.205. The van der Waals surface area contributed by atoms with E-state index >= 15 is 0 Å². The lowest BCUT2D eigenvalue weighted by Crippen LogP contribution is -2.43. The Balaban J connectivity index is 1.96. The van der Waals surface area contributed by atoms with Gasteiger partial charge in [-0.05, 0) is 35.4 Å². The number of halogens is 2. The van der Waals surface area contributed by atoms with E-state index in [4.69, 9.17) is 23.2 Å². The topological polar surface area (TPSA) is 37.4 Å². The molecule has 2 aromatic carbocycles. The molecule has 0 saturated carbocycles. The summed E-state index contributed by atoms with van der Waals surface area (Å²) in [4.78, 5) is 2.18. The first-order valence-corrected chi connectivity index (χ1v) is 8.81. The van der Waals surface area contributed by atoms with Crippen LogP contribution in [-0.4, -0.2) is 31.4 Å². The van der Waals surface area contributed by atoms with Crippen LogP contribution in [0.25, 0.3) is 0 Å². The molecule has 1 aliphatic heterocycles. The van der Waals surface area contributed by atoms with Gasteiger partial charge in [-0.3, -0.25) is 4.90 Å². The lowest BCUT2D eigenvalue weighted by Gasteiger charge is -2.39. The molecule has 3 nitrogen and oxygen atoms in total. The number of hydrogen-bond acceptors (Lipinski definition) is 3. The van der Waals surface area contributed by atoms with E-state index < -0.39 is 10.3 Å². The van der Waals surface area contributed by atoms with Crippen LogP contribution < -0.4 is 0 Å². The van der Waals surface area contributed by atoms with E-state index in [0.717, 1.165) is 16.7 Å². The van der Waals surface area contributed by atoms with Gasteiger partial charge < -0.3 is 0 Å². The molecule has 6 heteroatoms. The van der Waals surface area contributed by atoms with Crippen molar-refractivity contribution in [1.29, 1.82) is 0 Å². The van der Waals surface area contributed by atoms with Crippen LogP contribution in [-0.2, 0) is 10.3 Å². The van der Waals surface area contributed by atoms with Crippen molar-refractivity contribution in [3.8, 4) is 0 Å². The molecule has 1 heterocycles. The predicted molar refractivity (Wildman–Crippen MR) is 93.8 cm³/mol. The summed E-state index contributed by atoms with van der Waals surface area (Å²) in [7, 11) is -2.27. The fourth-order valence-corrected chi connectivity index (χ4v) is 3.33. The Kier molecular flexibility index (Phi) is 4.90. The zero-order chi connectivity index (χ0) is 16.4. The highest BCUT2D eigenvalue weighted by atomic mass is 35.5. The van der Waals surface area contributed by atoms with E-state index in [-0.39, 0.29) is 6.04 Å². The van der Waals surface area contributed by atoms with Crippen LogP contribution in [0.3, 0.4) is 0 Å². The Bertz CT molecular complexity index is 822. The minimum absolute atomic E-state index is 0.0233. The van der Waals surface area contributed by atoms with Gasteiger partial charge in [-0.25, -0.2) is 0 Å². The van der Waals surface area contributed by atoms with Crippen LogP contribution in [0.2, 0.25) is 10.0 Å². The van der Waals surface area contributed by atoms with E-state index in [1.807, 2.05) is 48.5 Å². The minimum atomic E-state index is -2.27. The number of nitrogens with zero attached hydrogens (tertiary/aromatic N) is 1. The quantitative estimate of drug-likeness (QED) is 0.779. The zero-order valence-corrected chi connectivity index (χ0v) is 14.4. The van der Waals surface area contributed by atoms with Gasteiger partial charge in [-0.1, -0.05) is 47.5 Å². The summed E-state index contributed by atoms with van der Waals surface area (Å²) in [6.07, 6.45) is 0. The maximum Gasteiger partial charge on any atom is 0.260 e. The van der Waals surface area contributed by atoms with Gasteiger partial charge in [-0.15, -0.1) is 0 Å². The highest BCUT2D eigenvalue weighted by molar-refractivity contribution is 7.70. The van der Waals surface area contributed by atoms with E-state index in [2.05, 4.69) is 9.92 Å². The van der Waals surface area contributed by atoms with E-state index in [1.165, 1.54) is 0 Å². The molecule has 1 fully saturated rings. The Morgan fingerprint density at radius 2 is 1.30 bits per heavy atom. The normalized spacial score (nSPS) is 14.5. The third-order valence-electron chi connectivity index (χ3n) is 3.75. The van der Waals surface area contributed by atoms with E-state index in [0.29, 0.717) is 23.1 Å². The van der Waals surface area contributed by atoms with Crippen LogP contribution in [0.5, 0.6) is 0 Å². The van der Waals surface area contributed by atoms with Gasteiger partial charge >= 0.3 is 0 Å². The van der Waals surface area contributed by atoms with Crippen molar-refractivity contribution in [2.24, 2.45) is 0 Å². The molecule has 0 spiro atoms. The van der Waals surface area contributed by atoms with Gasteiger partial charge in [0.05, 0.1) is 6.04 Å². The molecule has 0 aromatic heterocycles. The summed E-state index contributed by atoms with van der Waals surface area (Å²) in [5.74, 6) is 0. The molecule has 0 amide bonds. The molecule has 1 saturated heterocycles. The van der Waals surface area contributed by atoms with Gasteiger partial charge in [0.2, 0.25) is 0 Å². The van der Waals surface area contributed by atoms with Crippen molar-refractivity contribution in [2.45, 2.75) is 6.04 Å². The minimum Gasteiger partial charge on any atom is -0.283 e. The van der Waals surface area contributed by atoms with Crippen molar-refractivity contribution >= 4 is 38.5 Å². The predicted octanol–water partition coefficient (Wildman–Crippen LogP) is 3.61. The molecule has 0 radical (unpaired) electrons. The van der Waals surface area contributed by atoms with Gasteiger partial charge in [0, 0.05) is 33.7 Å². The smallest absolute Gasteiger partial charge is 0.260 e. The standard InChI is InChI=1S/C17H13Cl2NO2S/c18-15-5-1-13(2-6-15)17(14-3-7-16(19)8-4-14)20-9-12(10-20)11-23(21)22/h1-8,17H,9-10H2. The Morgan fingerprint density at radius 3 is 1.70 bits per heavy atom. The maximum absolute atomic E-state index is 10.7. The average molecular weight is 366 g/mol. The zero-order valence-electron chi connectivity index (χ0n) is 12.0. The molecule has 118 valence electrons. The second kappa shape index (κ2) is 6.91. The third-order valence-corrected chi connectivity index (χ3v) is 4.71. The number of hydrogen-bond donors (Lipinski definition) is 0. The van der Waals surface area contributed by atoms with Crippen LogP contribution >= 0.6 is 23.2 Å². The fourth-order valence-electron chi connectivity index (χ4n) is 2.71. The molecular formula is C17H13Cl2NO2S. The SMILES string of the molecule is O=S(=O)=C=C1CN(C(c2ccc(Cl)cc2)c2ccc(Cl)cc2)C1. The van der Waals surface area contributed by atoms with Crippen LogP contribution in [0.1, 0.15) is 17.2 Å². The summed E-state index contributed by atoms with van der Waals surface area (Å²) >= 11 is 12.0. The van der Waals surface area contributed by atoms with E-state index in [1.54, 1.807) is 0 Å². The average Bonchev–Trinajstić information content (AvgIpc) is 2.48. The van der Waals surface area contributed by atoms with Gasteiger partial charge in [0.15, 0.2) is 0 Å². The molecule has 23 heavy (non-hydrogen) atoms. The molecule has 0 aliphatic carbocycles. The summed E-state index contributed by atoms with van der Waals surface area (Å²) < 4.78 is 21.4. The van der Waals surface area contributed by atoms with Crippen molar-refractivity contribution in [2.75, 3.05) is 13.1 Å². The molecule has 3 rings (SSSR count). The Morgan fingerprint density at radius 1 is 0.870 bits per heavy atom. The van der Waals surface area contributed by atoms with E-state index in [9.17, 15) is 8.42 Å². The number of benzene rings is 2. The Labute approximate surface area is 146 Å². The second-order valence-corrected chi connectivity index (χ2v) is 6.90. The summed E-state index contributed by atoms with van der Waals surface area (Å²) in [6.45, 7) is 1.15. The third kappa shape index (κ3) is 3.86. The molecule has 0 bridgehead atoms. The second-order valence-electron chi connectivity index (χ2n) is 5.35. The Hall–Kier alpha value is -1.55. The monoisotopic (exact) mass is 365 g/mol. The van der Waals surface area contributed by atoms with Crippen LogP contribution in [0, 0.1) is 0 Å². The van der Waals surface area contributed by atoms with Crippen LogP contribution in [0.4, 0.5) is 0 Å².